The fourth-order valence-electron chi connectivity index (χ4n) is 4.15. The second kappa shape index (κ2) is 13.2. The number of amides is 6. The number of aromatic hydroxyl groups is 1. The molecule has 0 aliphatic carbocycles. The van der Waals surface area contributed by atoms with Gasteiger partial charge in [0, 0.05) is 19.8 Å². The predicted octanol–water partition coefficient (Wildman–Crippen LogP) is -1.21. The number of nitrogens with two attached hydrogens (primary N) is 1. The topological polar surface area (TPSA) is 200 Å². The maximum absolute atomic E-state index is 13.2. The minimum absolute atomic E-state index is 0.0268. The molecule has 0 spiro atoms. The lowest BCUT2D eigenvalue weighted by Crippen LogP contribution is -2.67. The predicted molar refractivity (Wildman–Crippen MR) is 142 cm³/mol. The molecule has 13 heteroatoms. The Morgan fingerprint density at radius 2 is 1.55 bits per heavy atom. The van der Waals surface area contributed by atoms with Crippen LogP contribution in [0.5, 0.6) is 5.75 Å². The number of carbonyl (C=O) groups is 6. The molecule has 4 atom stereocenters. The lowest BCUT2D eigenvalue weighted by atomic mass is 10.0. The van der Waals surface area contributed by atoms with E-state index in [1.165, 1.54) is 26.0 Å². The van der Waals surface area contributed by atoms with Gasteiger partial charge in [0.1, 0.15) is 29.9 Å². The summed E-state index contributed by atoms with van der Waals surface area (Å²) < 4.78 is 0. The van der Waals surface area contributed by atoms with Gasteiger partial charge in [-0.25, -0.2) is 5.01 Å². The zero-order chi connectivity index (χ0) is 29.4. The van der Waals surface area contributed by atoms with E-state index in [4.69, 9.17) is 5.73 Å². The van der Waals surface area contributed by atoms with Crippen LogP contribution in [0.4, 0.5) is 0 Å². The zero-order valence-corrected chi connectivity index (χ0v) is 22.0. The van der Waals surface area contributed by atoms with Crippen LogP contribution in [-0.4, -0.2) is 69.7 Å². The molecule has 1 aliphatic heterocycles. The summed E-state index contributed by atoms with van der Waals surface area (Å²) in [6.45, 7) is 2.60. The Morgan fingerprint density at radius 1 is 0.950 bits per heavy atom. The average Bonchev–Trinajstić information content (AvgIpc) is 2.90. The number of primary amides is 1. The Balaban J connectivity index is 1.69. The molecule has 0 saturated carbocycles. The number of hydrazine groups is 1. The number of phenols is 1. The quantitative estimate of drug-likeness (QED) is 0.201. The van der Waals surface area contributed by atoms with Gasteiger partial charge in [-0.3, -0.25) is 34.2 Å². The van der Waals surface area contributed by atoms with Gasteiger partial charge < -0.3 is 26.8 Å². The standard InChI is InChI=1S/C27H32N6O7/c1-15(25(38)30-20(24(28)37)12-18-8-10-19(35)11-9-18)33-27(40)22(14-23(36)32-33)31-26(39)21(29-16(2)34)13-17-6-4-3-5-7-17/h3-11,15,20-22,35H,12-14H2,1-2H3,(H2,28,37)(H,29,34)(H,30,38)(H,31,39)(H,32,36)/t15-,20-,21-,22+/m0/s1. The van der Waals surface area contributed by atoms with Gasteiger partial charge in [0.15, 0.2) is 0 Å². The third-order valence-corrected chi connectivity index (χ3v) is 6.27. The lowest BCUT2D eigenvalue weighted by Gasteiger charge is -2.36. The van der Waals surface area contributed by atoms with Crippen LogP contribution >= 0.6 is 0 Å². The molecule has 0 radical (unpaired) electrons. The summed E-state index contributed by atoms with van der Waals surface area (Å²) in [6, 6.07) is 10.2. The molecular formula is C27H32N6O7. The molecule has 212 valence electrons. The van der Waals surface area contributed by atoms with E-state index >= 15 is 0 Å². The molecular weight excluding hydrogens is 520 g/mol. The maximum Gasteiger partial charge on any atom is 0.264 e. The SMILES string of the molecule is CC(=O)N[C@@H](Cc1ccccc1)C(=O)N[C@@H]1CC(=O)NN([C@@H](C)C(=O)N[C@@H](Cc2ccc(O)cc2)C(N)=O)C1=O. The van der Waals surface area contributed by atoms with Gasteiger partial charge in [-0.05, 0) is 30.2 Å². The summed E-state index contributed by atoms with van der Waals surface area (Å²) in [4.78, 5) is 75.4. The van der Waals surface area contributed by atoms with Crippen molar-refractivity contribution in [2.75, 3.05) is 0 Å². The molecule has 0 bridgehead atoms. The van der Waals surface area contributed by atoms with E-state index in [0.717, 1.165) is 10.6 Å². The molecule has 1 saturated heterocycles. The van der Waals surface area contributed by atoms with Gasteiger partial charge in [0.2, 0.25) is 29.5 Å². The van der Waals surface area contributed by atoms with Crippen LogP contribution < -0.4 is 27.1 Å². The number of hydrogen-bond acceptors (Lipinski definition) is 7. The summed E-state index contributed by atoms with van der Waals surface area (Å²) in [5.74, 6) is -4.08. The number of carbonyl (C=O) groups excluding carboxylic acids is 6. The number of rotatable bonds is 11. The van der Waals surface area contributed by atoms with Crippen LogP contribution in [0, 0.1) is 0 Å². The molecule has 40 heavy (non-hydrogen) atoms. The second-order valence-corrected chi connectivity index (χ2v) is 9.46. The van der Waals surface area contributed by atoms with Gasteiger partial charge in [-0.15, -0.1) is 0 Å². The fourth-order valence-corrected chi connectivity index (χ4v) is 4.15. The molecule has 0 unspecified atom stereocenters. The molecule has 13 nitrogen and oxygen atoms in total. The molecule has 1 heterocycles. The summed E-state index contributed by atoms with van der Waals surface area (Å²) in [5.41, 5.74) is 9.17. The van der Waals surface area contributed by atoms with Crippen LogP contribution in [0.25, 0.3) is 0 Å². The molecule has 2 aromatic carbocycles. The largest absolute Gasteiger partial charge is 0.508 e. The minimum Gasteiger partial charge on any atom is -0.508 e. The van der Waals surface area contributed by atoms with Crippen molar-refractivity contribution in [3.8, 4) is 5.75 Å². The highest BCUT2D eigenvalue weighted by atomic mass is 16.3. The minimum atomic E-state index is -1.30. The fraction of sp³-hybridized carbons (Fsp3) is 0.333. The van der Waals surface area contributed by atoms with Crippen molar-refractivity contribution >= 4 is 35.4 Å². The molecule has 1 aliphatic rings. The number of hydrogen-bond donors (Lipinski definition) is 6. The van der Waals surface area contributed by atoms with E-state index in [2.05, 4.69) is 21.4 Å². The van der Waals surface area contributed by atoms with E-state index in [-0.39, 0.29) is 25.0 Å². The third-order valence-electron chi connectivity index (χ3n) is 6.27. The zero-order valence-electron chi connectivity index (χ0n) is 22.0. The van der Waals surface area contributed by atoms with E-state index in [0.29, 0.717) is 5.56 Å². The first-order valence-corrected chi connectivity index (χ1v) is 12.6. The van der Waals surface area contributed by atoms with Crippen LogP contribution in [0.15, 0.2) is 54.6 Å². The average molecular weight is 553 g/mol. The first-order chi connectivity index (χ1) is 18.9. The highest BCUT2D eigenvalue weighted by molar-refractivity contribution is 6.00. The summed E-state index contributed by atoms with van der Waals surface area (Å²) >= 11 is 0. The van der Waals surface area contributed by atoms with Crippen LogP contribution in [0.1, 0.15) is 31.4 Å². The Bertz CT molecular complexity index is 1270. The van der Waals surface area contributed by atoms with E-state index in [1.54, 1.807) is 42.5 Å². The summed E-state index contributed by atoms with van der Waals surface area (Å²) in [5, 5.41) is 17.8. The highest BCUT2D eigenvalue weighted by Crippen LogP contribution is 2.13. The lowest BCUT2D eigenvalue weighted by molar-refractivity contribution is -0.156. The monoisotopic (exact) mass is 552 g/mol. The van der Waals surface area contributed by atoms with Crippen molar-refractivity contribution in [1.29, 1.82) is 0 Å². The number of phenolic OH excluding ortho intramolecular Hbond substituents is 1. The Morgan fingerprint density at radius 3 is 2.15 bits per heavy atom. The molecule has 6 amide bonds. The number of nitrogens with zero attached hydrogens (tertiary/aromatic N) is 1. The first-order valence-electron chi connectivity index (χ1n) is 12.6. The summed E-state index contributed by atoms with van der Waals surface area (Å²) in [6.07, 6.45) is -0.200. The van der Waals surface area contributed by atoms with Crippen molar-refractivity contribution in [3.63, 3.8) is 0 Å². The Labute approximate surface area is 230 Å². The molecule has 0 aromatic heterocycles. The van der Waals surface area contributed by atoms with Gasteiger partial charge in [-0.1, -0.05) is 42.5 Å². The van der Waals surface area contributed by atoms with Crippen LogP contribution in [0.2, 0.25) is 0 Å². The van der Waals surface area contributed by atoms with E-state index in [1.807, 2.05) is 0 Å². The number of benzene rings is 2. The van der Waals surface area contributed by atoms with Crippen molar-refractivity contribution in [1.82, 2.24) is 26.4 Å². The number of nitrogens with one attached hydrogen (secondary N) is 4. The van der Waals surface area contributed by atoms with Crippen molar-refractivity contribution in [2.45, 2.75) is 57.3 Å². The van der Waals surface area contributed by atoms with E-state index < -0.39 is 59.6 Å². The first kappa shape index (κ1) is 29.6. The maximum atomic E-state index is 13.2. The normalized spacial score (nSPS) is 17.1. The third kappa shape index (κ3) is 8.03. The van der Waals surface area contributed by atoms with Gasteiger partial charge >= 0.3 is 0 Å². The van der Waals surface area contributed by atoms with Crippen molar-refractivity contribution in [2.24, 2.45) is 5.73 Å². The van der Waals surface area contributed by atoms with E-state index in [9.17, 15) is 33.9 Å². The van der Waals surface area contributed by atoms with Gasteiger partial charge in [0.05, 0.1) is 6.42 Å². The molecule has 2 aromatic rings. The van der Waals surface area contributed by atoms with Gasteiger partial charge in [-0.2, -0.15) is 0 Å². The van der Waals surface area contributed by atoms with Crippen molar-refractivity contribution in [3.05, 3.63) is 65.7 Å². The van der Waals surface area contributed by atoms with Gasteiger partial charge in [0.25, 0.3) is 5.91 Å². The van der Waals surface area contributed by atoms with Crippen LogP contribution in [0.3, 0.4) is 0 Å². The smallest absolute Gasteiger partial charge is 0.264 e. The highest BCUT2D eigenvalue weighted by Gasteiger charge is 2.40. The molecule has 3 rings (SSSR count). The summed E-state index contributed by atoms with van der Waals surface area (Å²) in [7, 11) is 0. The molecule has 7 N–H and O–H groups in total. The molecule has 1 fully saturated rings. The Kier molecular flexibility index (Phi) is 9.79. The van der Waals surface area contributed by atoms with Crippen molar-refractivity contribution < 1.29 is 33.9 Å². The van der Waals surface area contributed by atoms with Crippen LogP contribution in [-0.2, 0) is 41.6 Å². The Hall–Kier alpha value is -4.94. The second-order valence-electron chi connectivity index (χ2n) is 9.46.